The third kappa shape index (κ3) is 9.29. The number of hydrogen-bond donors (Lipinski definition) is 0. The molecule has 4 nitrogen and oxygen atoms in total. The van der Waals surface area contributed by atoms with Crippen LogP contribution in [0.2, 0.25) is 0 Å². The number of aromatic nitrogens is 2. The molecule has 0 amide bonds. The molecule has 0 aliphatic heterocycles. The van der Waals surface area contributed by atoms with Gasteiger partial charge in [-0.2, -0.15) is 0 Å². The van der Waals surface area contributed by atoms with E-state index in [0.29, 0.717) is 11.4 Å². The second-order valence-corrected chi connectivity index (χ2v) is 10.5. The molecule has 3 rings (SSSR count). The molecular weight excluding hydrogens is 451 g/mol. The van der Waals surface area contributed by atoms with Gasteiger partial charge >= 0.3 is 5.97 Å². The highest BCUT2D eigenvalue weighted by molar-refractivity contribution is 5.90. The Morgan fingerprint density at radius 3 is 2.17 bits per heavy atom. The minimum atomic E-state index is -0.584. The first kappa shape index (κ1) is 28.3. The number of halogens is 1. The van der Waals surface area contributed by atoms with Crippen molar-refractivity contribution in [1.29, 1.82) is 0 Å². The van der Waals surface area contributed by atoms with E-state index in [0.717, 1.165) is 56.4 Å². The summed E-state index contributed by atoms with van der Waals surface area (Å²) in [5.74, 6) is 0.0502. The molecule has 0 unspecified atom stereocenters. The summed E-state index contributed by atoms with van der Waals surface area (Å²) in [6.45, 7) is 4.41. The summed E-state index contributed by atoms with van der Waals surface area (Å²) in [6.07, 6.45) is 22.7. The van der Waals surface area contributed by atoms with E-state index in [1.54, 1.807) is 18.5 Å². The van der Waals surface area contributed by atoms with Gasteiger partial charge in [0.1, 0.15) is 11.9 Å². The molecule has 198 valence electrons. The highest BCUT2D eigenvalue weighted by atomic mass is 19.1. The fourth-order valence-electron chi connectivity index (χ4n) is 5.15. The molecule has 1 aliphatic carbocycles. The number of hydrogen-bond acceptors (Lipinski definition) is 4. The Balaban J connectivity index is 1.39. The number of ether oxygens (including phenoxy) is 1. The number of unbranched alkanes of at least 4 members (excludes halogenated alkanes) is 8. The first-order valence-corrected chi connectivity index (χ1v) is 14.4. The van der Waals surface area contributed by atoms with E-state index in [-0.39, 0.29) is 11.7 Å². The lowest BCUT2D eigenvalue weighted by Crippen LogP contribution is -2.25. The number of aryl methyl sites for hydroxylation is 1. The van der Waals surface area contributed by atoms with Crippen molar-refractivity contribution in [2.24, 2.45) is 5.92 Å². The van der Waals surface area contributed by atoms with Crippen molar-refractivity contribution in [2.75, 3.05) is 0 Å². The second kappa shape index (κ2) is 15.7. The lowest BCUT2D eigenvalue weighted by molar-refractivity contribution is 0.0156. The largest absolute Gasteiger partial charge is 0.459 e. The van der Waals surface area contributed by atoms with Gasteiger partial charge in [0.25, 0.3) is 0 Å². The van der Waals surface area contributed by atoms with Gasteiger partial charge in [0, 0.05) is 18.0 Å². The molecule has 0 saturated heterocycles. The molecule has 0 spiro atoms. The van der Waals surface area contributed by atoms with E-state index in [4.69, 9.17) is 4.74 Å². The van der Waals surface area contributed by atoms with Crippen LogP contribution in [0.4, 0.5) is 4.39 Å². The zero-order chi connectivity index (χ0) is 25.6. The van der Waals surface area contributed by atoms with Gasteiger partial charge < -0.3 is 4.74 Å². The normalized spacial score (nSPS) is 17.8. The summed E-state index contributed by atoms with van der Waals surface area (Å²) in [5, 5.41) is 0. The van der Waals surface area contributed by atoms with E-state index in [1.165, 1.54) is 69.9 Å². The quantitative estimate of drug-likeness (QED) is 0.182. The molecule has 1 heterocycles. The smallest absolute Gasteiger partial charge is 0.341 e. The predicted octanol–water partition coefficient (Wildman–Crippen LogP) is 8.87. The monoisotopic (exact) mass is 496 g/mol. The second-order valence-electron chi connectivity index (χ2n) is 10.5. The molecule has 1 fully saturated rings. The van der Waals surface area contributed by atoms with E-state index in [1.807, 2.05) is 0 Å². The van der Waals surface area contributed by atoms with Crippen LogP contribution in [0, 0.1) is 11.7 Å². The Labute approximate surface area is 217 Å². The van der Waals surface area contributed by atoms with Crippen molar-refractivity contribution >= 4 is 5.97 Å². The van der Waals surface area contributed by atoms with Gasteiger partial charge in [0.2, 0.25) is 0 Å². The van der Waals surface area contributed by atoms with Crippen LogP contribution in [0.1, 0.15) is 126 Å². The molecule has 1 aliphatic rings. The van der Waals surface area contributed by atoms with Crippen LogP contribution in [-0.2, 0) is 11.2 Å². The standard InChI is InChI=1S/C31H45FN2O2/c1-3-5-7-8-9-10-11-12-14-24-15-18-27(19-16-24)36-31(35)28-20-17-26(21-29(28)32)30-33-22-25(23-34-30)13-6-4-2/h17,20-24,27H,3-16,18-19H2,1-2H3. The highest BCUT2D eigenvalue weighted by Gasteiger charge is 2.25. The lowest BCUT2D eigenvalue weighted by Gasteiger charge is -2.28. The zero-order valence-electron chi connectivity index (χ0n) is 22.4. The number of esters is 1. The van der Waals surface area contributed by atoms with Crippen molar-refractivity contribution in [3.8, 4) is 11.4 Å². The molecule has 0 atom stereocenters. The van der Waals surface area contributed by atoms with E-state index in [2.05, 4.69) is 23.8 Å². The Morgan fingerprint density at radius 2 is 1.53 bits per heavy atom. The summed E-state index contributed by atoms with van der Waals surface area (Å²) >= 11 is 0. The van der Waals surface area contributed by atoms with Crippen LogP contribution in [0.15, 0.2) is 30.6 Å². The molecule has 36 heavy (non-hydrogen) atoms. The summed E-state index contributed by atoms with van der Waals surface area (Å²) < 4.78 is 20.5. The molecule has 5 heteroatoms. The van der Waals surface area contributed by atoms with Crippen molar-refractivity contribution in [1.82, 2.24) is 9.97 Å². The van der Waals surface area contributed by atoms with Gasteiger partial charge in [-0.3, -0.25) is 0 Å². The Hall–Kier alpha value is -2.30. The van der Waals surface area contributed by atoms with Gasteiger partial charge in [-0.25, -0.2) is 19.2 Å². The topological polar surface area (TPSA) is 52.1 Å². The summed E-state index contributed by atoms with van der Waals surface area (Å²) in [7, 11) is 0. The highest BCUT2D eigenvalue weighted by Crippen LogP contribution is 2.31. The summed E-state index contributed by atoms with van der Waals surface area (Å²) in [5.41, 5.74) is 1.63. The van der Waals surface area contributed by atoms with Crippen molar-refractivity contribution < 1.29 is 13.9 Å². The minimum absolute atomic E-state index is 0.0145. The number of carbonyl (C=O) groups excluding carboxylic acids is 1. The van der Waals surface area contributed by atoms with Crippen molar-refractivity contribution in [3.63, 3.8) is 0 Å². The maximum absolute atomic E-state index is 14.8. The lowest BCUT2D eigenvalue weighted by atomic mass is 9.84. The molecule has 1 aromatic heterocycles. The van der Waals surface area contributed by atoms with E-state index >= 15 is 0 Å². The fourth-order valence-corrected chi connectivity index (χ4v) is 5.15. The Bertz CT molecular complexity index is 907. The van der Waals surface area contributed by atoms with Gasteiger partial charge in [-0.05, 0) is 62.1 Å². The Kier molecular flexibility index (Phi) is 12.4. The predicted molar refractivity (Wildman–Crippen MR) is 144 cm³/mol. The molecule has 1 aromatic carbocycles. The Morgan fingerprint density at radius 1 is 0.889 bits per heavy atom. The van der Waals surface area contributed by atoms with Crippen LogP contribution in [-0.4, -0.2) is 22.0 Å². The zero-order valence-corrected chi connectivity index (χ0v) is 22.4. The maximum atomic E-state index is 14.8. The van der Waals surface area contributed by atoms with Gasteiger partial charge in [-0.1, -0.05) is 84.1 Å². The van der Waals surface area contributed by atoms with E-state index < -0.39 is 11.8 Å². The average Bonchev–Trinajstić information content (AvgIpc) is 2.90. The van der Waals surface area contributed by atoms with Crippen molar-refractivity contribution in [3.05, 3.63) is 47.5 Å². The summed E-state index contributed by atoms with van der Waals surface area (Å²) in [6, 6.07) is 4.52. The molecule has 1 saturated carbocycles. The number of carbonyl (C=O) groups is 1. The fraction of sp³-hybridized carbons (Fsp3) is 0.645. The molecule has 2 aromatic rings. The van der Waals surface area contributed by atoms with Crippen LogP contribution in [0.3, 0.4) is 0 Å². The van der Waals surface area contributed by atoms with E-state index in [9.17, 15) is 9.18 Å². The molecule has 0 bridgehead atoms. The molecular formula is C31H45FN2O2. The number of nitrogens with zero attached hydrogens (tertiary/aromatic N) is 2. The summed E-state index contributed by atoms with van der Waals surface area (Å²) in [4.78, 5) is 21.4. The third-order valence-corrected chi connectivity index (χ3v) is 7.50. The average molecular weight is 497 g/mol. The SMILES string of the molecule is CCCCCCCCCCC1CCC(OC(=O)c2ccc(-c3ncc(CCCC)cn3)cc2F)CC1. The van der Waals surface area contributed by atoms with Crippen molar-refractivity contribution in [2.45, 2.75) is 123 Å². The number of benzene rings is 1. The minimum Gasteiger partial charge on any atom is -0.459 e. The third-order valence-electron chi connectivity index (χ3n) is 7.50. The van der Waals surface area contributed by atoms with Crippen LogP contribution in [0.5, 0.6) is 0 Å². The van der Waals surface area contributed by atoms with Crippen LogP contribution in [0.25, 0.3) is 11.4 Å². The first-order chi connectivity index (χ1) is 17.6. The number of rotatable bonds is 15. The van der Waals surface area contributed by atoms with Crippen LogP contribution < -0.4 is 0 Å². The maximum Gasteiger partial charge on any atom is 0.341 e. The van der Waals surface area contributed by atoms with Crippen LogP contribution >= 0.6 is 0 Å². The van der Waals surface area contributed by atoms with Gasteiger partial charge in [0.05, 0.1) is 5.56 Å². The van der Waals surface area contributed by atoms with Gasteiger partial charge in [-0.15, -0.1) is 0 Å². The van der Waals surface area contributed by atoms with Gasteiger partial charge in [0.15, 0.2) is 5.82 Å². The molecule has 0 radical (unpaired) electrons. The first-order valence-electron chi connectivity index (χ1n) is 14.4. The molecule has 0 N–H and O–H groups in total.